The molecule has 0 bridgehead atoms. The number of nitrogens with zero attached hydrogens (tertiary/aromatic N) is 4. The minimum Gasteiger partial charge on any atom is -0.296 e. The number of benzene rings is 8. The van der Waals surface area contributed by atoms with Gasteiger partial charge in [0, 0.05) is 16.7 Å². The topological polar surface area (TPSA) is 51.0 Å². The third kappa shape index (κ3) is 6.03. The Balaban J connectivity index is 1.23. The molecule has 4 nitrogen and oxygen atoms in total. The number of rotatable bonds is 9. The molecule has 0 amide bonds. The molecule has 0 saturated heterocycles. The third-order valence-electron chi connectivity index (χ3n) is 11.3. The number of fused-ring (bicyclic) bond motifs is 3. The summed E-state index contributed by atoms with van der Waals surface area (Å²) in [7, 11) is 0. The van der Waals surface area contributed by atoms with E-state index in [1.807, 2.05) is 60.7 Å². The summed E-state index contributed by atoms with van der Waals surface area (Å²) >= 11 is 0. The van der Waals surface area contributed by atoms with Gasteiger partial charge in [-0.2, -0.15) is 0 Å². The summed E-state index contributed by atoms with van der Waals surface area (Å²) in [5.74, 6) is 1.89. The first kappa shape index (κ1) is 34.9. The molecule has 0 N–H and O–H groups in total. The Labute approximate surface area is 339 Å². The van der Waals surface area contributed by atoms with Crippen LogP contribution >= 0.6 is 0 Å². The number of hydrogen-bond acceptors (Lipinski definition) is 4. The first-order valence-corrected chi connectivity index (χ1v) is 19.6. The lowest BCUT2D eigenvalue weighted by Crippen LogP contribution is -2.28. The average molecular weight is 743 g/mol. The molecule has 0 unspecified atom stereocenters. The van der Waals surface area contributed by atoms with Gasteiger partial charge in [0.25, 0.3) is 0 Å². The first-order chi connectivity index (χ1) is 28.7. The maximum Gasteiger partial charge on any atom is 0.164 e. The molecule has 0 saturated carbocycles. The van der Waals surface area contributed by atoms with E-state index in [-0.39, 0.29) is 0 Å². The Morgan fingerprint density at radius 2 is 0.828 bits per heavy atom. The summed E-state index contributed by atoms with van der Waals surface area (Å²) in [5.41, 5.74) is 15.3. The van der Waals surface area contributed by atoms with Gasteiger partial charge in [-0.15, -0.1) is 0 Å². The zero-order chi connectivity index (χ0) is 38.9. The highest BCUT2D eigenvalue weighted by atomic mass is 15.0. The number of aliphatic imine (C=N–C) groups is 1. The molecule has 8 aromatic carbocycles. The van der Waals surface area contributed by atoms with Crippen LogP contribution in [0, 0.1) is 0 Å². The van der Waals surface area contributed by atoms with E-state index in [4.69, 9.17) is 15.0 Å². The Morgan fingerprint density at radius 1 is 0.362 bits per heavy atom. The minimum atomic E-state index is -0.531. The molecule has 9 aromatic rings. The monoisotopic (exact) mass is 742 g/mol. The maximum atomic E-state index is 5.08. The van der Waals surface area contributed by atoms with Crippen molar-refractivity contribution in [2.75, 3.05) is 0 Å². The highest BCUT2D eigenvalue weighted by Gasteiger charge is 2.46. The smallest absolute Gasteiger partial charge is 0.164 e. The highest BCUT2D eigenvalue weighted by Crippen LogP contribution is 2.58. The van der Waals surface area contributed by atoms with Crippen molar-refractivity contribution in [2.45, 2.75) is 12.0 Å². The van der Waals surface area contributed by atoms with Crippen LogP contribution in [0.4, 0.5) is 0 Å². The summed E-state index contributed by atoms with van der Waals surface area (Å²) in [6, 6.07) is 73.2. The summed E-state index contributed by atoms with van der Waals surface area (Å²) in [6.45, 7) is 4.34. The Kier molecular flexibility index (Phi) is 8.92. The van der Waals surface area contributed by atoms with Crippen molar-refractivity contribution in [1.29, 1.82) is 0 Å². The van der Waals surface area contributed by atoms with Gasteiger partial charge in [-0.05, 0) is 92.2 Å². The van der Waals surface area contributed by atoms with Crippen LogP contribution in [0.2, 0.25) is 0 Å². The van der Waals surface area contributed by atoms with E-state index in [0.29, 0.717) is 24.0 Å². The molecule has 0 aliphatic heterocycles. The number of aromatic nitrogens is 3. The lowest BCUT2D eigenvalue weighted by atomic mass is 9.67. The molecule has 0 atom stereocenters. The van der Waals surface area contributed by atoms with E-state index in [9.17, 15) is 0 Å². The fraction of sp³-hybridized carbons (Fsp3) is 0.0370. The van der Waals surface area contributed by atoms with Crippen LogP contribution in [0.3, 0.4) is 0 Å². The van der Waals surface area contributed by atoms with Crippen molar-refractivity contribution in [1.82, 2.24) is 15.0 Å². The van der Waals surface area contributed by atoms with Crippen LogP contribution in [-0.4, -0.2) is 21.7 Å². The van der Waals surface area contributed by atoms with Crippen molar-refractivity contribution in [3.63, 3.8) is 0 Å². The van der Waals surface area contributed by atoms with Crippen LogP contribution in [0.25, 0.3) is 67.5 Å². The van der Waals surface area contributed by atoms with Crippen LogP contribution in [0.1, 0.15) is 27.8 Å². The zero-order valence-corrected chi connectivity index (χ0v) is 31.8. The van der Waals surface area contributed by atoms with Gasteiger partial charge in [0.1, 0.15) is 0 Å². The maximum absolute atomic E-state index is 5.08. The molecule has 10 rings (SSSR count). The summed E-state index contributed by atoms with van der Waals surface area (Å²) in [6.07, 6.45) is 0. The van der Waals surface area contributed by atoms with Crippen LogP contribution in [0.5, 0.6) is 0 Å². The van der Waals surface area contributed by atoms with Crippen molar-refractivity contribution < 1.29 is 0 Å². The second kappa shape index (κ2) is 14.8. The standard InChI is InChI=1S/C54H38N4/c1-55-36-37-18-16-23-40(32-37)47-35-50-48(45-30-14-15-31-49(45)54(50,43-26-10-4-11-27-43)44-28-12-5-13-29-44)34-46(47)41-24-17-25-42(33-41)53-57-51(38-19-6-2-7-20-38)56-52(58-53)39-21-8-3-9-22-39/h2-35H,1,36H2. The predicted octanol–water partition coefficient (Wildman–Crippen LogP) is 12.8. The largest absolute Gasteiger partial charge is 0.296 e. The molecule has 58 heavy (non-hydrogen) atoms. The predicted molar refractivity (Wildman–Crippen MR) is 238 cm³/mol. The second-order valence-corrected chi connectivity index (χ2v) is 14.7. The van der Waals surface area contributed by atoms with Gasteiger partial charge in [-0.3, -0.25) is 4.99 Å². The van der Waals surface area contributed by atoms with Crippen LogP contribution in [0.15, 0.2) is 211 Å². The van der Waals surface area contributed by atoms with E-state index in [1.165, 1.54) is 33.4 Å². The van der Waals surface area contributed by atoms with Gasteiger partial charge in [-0.25, -0.2) is 15.0 Å². The van der Waals surface area contributed by atoms with Gasteiger partial charge >= 0.3 is 0 Å². The highest BCUT2D eigenvalue weighted by molar-refractivity contribution is 5.95. The molecule has 274 valence electrons. The van der Waals surface area contributed by atoms with E-state index >= 15 is 0 Å². The average Bonchev–Trinajstić information content (AvgIpc) is 3.60. The van der Waals surface area contributed by atoms with Crippen molar-refractivity contribution in [2.24, 2.45) is 4.99 Å². The van der Waals surface area contributed by atoms with E-state index < -0.39 is 5.41 Å². The third-order valence-corrected chi connectivity index (χ3v) is 11.3. The molecule has 1 aliphatic rings. The van der Waals surface area contributed by atoms with Gasteiger partial charge in [-0.1, -0.05) is 182 Å². The summed E-state index contributed by atoms with van der Waals surface area (Å²) < 4.78 is 0. The fourth-order valence-corrected chi connectivity index (χ4v) is 8.70. The van der Waals surface area contributed by atoms with Crippen molar-refractivity contribution >= 4 is 6.72 Å². The molecule has 1 aromatic heterocycles. The quantitative estimate of drug-likeness (QED) is 0.138. The van der Waals surface area contributed by atoms with Gasteiger partial charge in [0.15, 0.2) is 17.5 Å². The van der Waals surface area contributed by atoms with E-state index in [2.05, 4.69) is 157 Å². The lowest BCUT2D eigenvalue weighted by molar-refractivity contribution is 0.769. The number of hydrogen-bond donors (Lipinski definition) is 0. The fourth-order valence-electron chi connectivity index (χ4n) is 8.70. The lowest BCUT2D eigenvalue weighted by Gasteiger charge is -2.34. The molecule has 0 radical (unpaired) electrons. The molecule has 0 fully saturated rings. The first-order valence-electron chi connectivity index (χ1n) is 19.6. The Morgan fingerprint density at radius 3 is 1.43 bits per heavy atom. The minimum absolute atomic E-state index is 0.531. The molecular formula is C54H38N4. The van der Waals surface area contributed by atoms with Crippen molar-refractivity contribution in [3.05, 3.63) is 234 Å². The van der Waals surface area contributed by atoms with E-state index in [0.717, 1.165) is 44.5 Å². The SMILES string of the molecule is C=NCc1cccc(-c2cc3c(cc2-c2cccc(-c4nc(-c5ccccc5)nc(-c5ccccc5)n4)c2)-c2ccccc2C3(c2ccccc2)c2ccccc2)c1. The van der Waals surface area contributed by atoms with Crippen LogP contribution in [-0.2, 0) is 12.0 Å². The molecule has 1 aliphatic carbocycles. The molecule has 4 heteroatoms. The van der Waals surface area contributed by atoms with E-state index in [1.54, 1.807) is 0 Å². The summed E-state index contributed by atoms with van der Waals surface area (Å²) in [5, 5.41) is 0. The van der Waals surface area contributed by atoms with Gasteiger partial charge in [0.2, 0.25) is 0 Å². The summed E-state index contributed by atoms with van der Waals surface area (Å²) in [4.78, 5) is 19.4. The second-order valence-electron chi connectivity index (χ2n) is 14.7. The normalized spacial score (nSPS) is 12.4. The van der Waals surface area contributed by atoms with Crippen LogP contribution < -0.4 is 0 Å². The Hall–Kier alpha value is -7.56. The molecule has 1 heterocycles. The van der Waals surface area contributed by atoms with Crippen molar-refractivity contribution in [3.8, 4) is 67.5 Å². The molecule has 0 spiro atoms. The van der Waals surface area contributed by atoms with Gasteiger partial charge in [0.05, 0.1) is 12.0 Å². The zero-order valence-electron chi connectivity index (χ0n) is 31.8. The molecular weight excluding hydrogens is 705 g/mol. The Bertz CT molecular complexity index is 2830. The van der Waals surface area contributed by atoms with Gasteiger partial charge < -0.3 is 0 Å².